The Morgan fingerprint density at radius 3 is 2.57 bits per heavy atom. The molecule has 0 radical (unpaired) electrons. The largest absolute Gasteiger partial charge is 0.370 e. The molecule has 4 N–H and O–H groups in total. The fraction of sp³-hybridized carbons (Fsp3) is 0.619. The number of carbonyl (C=O) groups excluding carboxylic acids is 1. The van der Waals surface area contributed by atoms with Crippen molar-refractivity contribution in [1.82, 2.24) is 15.5 Å². The van der Waals surface area contributed by atoms with Gasteiger partial charge in [0.2, 0.25) is 0 Å². The number of carbonyl (C=O) groups is 1. The summed E-state index contributed by atoms with van der Waals surface area (Å²) >= 11 is 0. The Balaban J connectivity index is 0.00000729. The lowest BCUT2D eigenvalue weighted by Gasteiger charge is -2.15. The van der Waals surface area contributed by atoms with Crippen LogP contribution in [0.15, 0.2) is 29.3 Å². The van der Waals surface area contributed by atoms with Gasteiger partial charge in [-0.2, -0.15) is 0 Å². The molecule has 0 fully saturated rings. The van der Waals surface area contributed by atoms with Gasteiger partial charge in [0.15, 0.2) is 5.96 Å². The Morgan fingerprint density at radius 2 is 1.93 bits per heavy atom. The SMILES string of the molecule is CC(C)CCCC(C)NC(N)=NCc1cccc(C(=O)NCCN(C)C)c1.I. The van der Waals surface area contributed by atoms with Crippen molar-refractivity contribution >= 4 is 35.8 Å². The maximum absolute atomic E-state index is 12.2. The van der Waals surface area contributed by atoms with E-state index in [0.717, 1.165) is 24.4 Å². The zero-order valence-electron chi connectivity index (χ0n) is 18.0. The summed E-state index contributed by atoms with van der Waals surface area (Å²) in [6.45, 7) is 8.50. The van der Waals surface area contributed by atoms with Crippen LogP contribution in [0.5, 0.6) is 0 Å². The topological polar surface area (TPSA) is 82.7 Å². The van der Waals surface area contributed by atoms with Crippen LogP contribution < -0.4 is 16.4 Å². The molecule has 0 spiro atoms. The summed E-state index contributed by atoms with van der Waals surface area (Å²) in [6, 6.07) is 7.83. The first-order valence-corrected chi connectivity index (χ1v) is 9.86. The molecule has 6 nitrogen and oxygen atoms in total. The zero-order valence-corrected chi connectivity index (χ0v) is 20.3. The summed E-state index contributed by atoms with van der Waals surface area (Å²) in [4.78, 5) is 18.6. The van der Waals surface area contributed by atoms with Gasteiger partial charge >= 0.3 is 0 Å². The van der Waals surface area contributed by atoms with E-state index >= 15 is 0 Å². The van der Waals surface area contributed by atoms with Gasteiger partial charge in [0.25, 0.3) is 5.91 Å². The number of amides is 1. The van der Waals surface area contributed by atoms with E-state index in [1.807, 2.05) is 43.3 Å². The van der Waals surface area contributed by atoms with Crippen molar-refractivity contribution in [2.24, 2.45) is 16.6 Å². The molecular weight excluding hydrogens is 465 g/mol. The molecule has 0 aromatic heterocycles. The van der Waals surface area contributed by atoms with E-state index in [4.69, 9.17) is 5.73 Å². The second-order valence-electron chi connectivity index (χ2n) is 7.83. The Kier molecular flexibility index (Phi) is 13.9. The van der Waals surface area contributed by atoms with Crippen LogP contribution in [0.3, 0.4) is 0 Å². The van der Waals surface area contributed by atoms with E-state index in [0.29, 0.717) is 30.7 Å². The minimum atomic E-state index is -0.0625. The van der Waals surface area contributed by atoms with Crippen LogP contribution in [-0.2, 0) is 6.54 Å². The van der Waals surface area contributed by atoms with E-state index in [1.54, 1.807) is 0 Å². The van der Waals surface area contributed by atoms with E-state index in [9.17, 15) is 4.79 Å². The monoisotopic (exact) mass is 503 g/mol. The molecule has 0 saturated heterocycles. The molecule has 0 aliphatic rings. The van der Waals surface area contributed by atoms with Crippen molar-refractivity contribution in [2.45, 2.75) is 52.6 Å². The first-order valence-electron chi connectivity index (χ1n) is 9.86. The molecule has 28 heavy (non-hydrogen) atoms. The Labute approximate surface area is 187 Å². The van der Waals surface area contributed by atoms with Gasteiger partial charge in [-0.3, -0.25) is 4.79 Å². The quantitative estimate of drug-likeness (QED) is 0.246. The molecule has 0 aliphatic carbocycles. The Bertz CT molecular complexity index is 604. The van der Waals surface area contributed by atoms with Gasteiger partial charge in [0.1, 0.15) is 0 Å². The fourth-order valence-electron chi connectivity index (χ4n) is 2.69. The predicted octanol–water partition coefficient (Wildman–Crippen LogP) is 3.22. The molecule has 1 amide bonds. The highest BCUT2D eigenvalue weighted by molar-refractivity contribution is 14.0. The van der Waals surface area contributed by atoms with E-state index in [-0.39, 0.29) is 29.9 Å². The second kappa shape index (κ2) is 14.6. The molecule has 0 aliphatic heterocycles. The average Bonchev–Trinajstić information content (AvgIpc) is 2.59. The molecule has 1 rings (SSSR count). The minimum Gasteiger partial charge on any atom is -0.370 e. The molecule has 1 aromatic rings. The summed E-state index contributed by atoms with van der Waals surface area (Å²) in [5, 5.41) is 6.17. The van der Waals surface area contributed by atoms with Gasteiger partial charge < -0.3 is 21.3 Å². The molecule has 0 bridgehead atoms. The highest BCUT2D eigenvalue weighted by Gasteiger charge is 2.07. The minimum absolute atomic E-state index is 0. The smallest absolute Gasteiger partial charge is 0.251 e. The van der Waals surface area contributed by atoms with Gasteiger partial charge in [-0.1, -0.05) is 38.8 Å². The van der Waals surface area contributed by atoms with Crippen molar-refractivity contribution in [3.8, 4) is 0 Å². The molecular formula is C21H38IN5O. The van der Waals surface area contributed by atoms with Crippen molar-refractivity contribution in [2.75, 3.05) is 27.2 Å². The number of nitrogens with one attached hydrogen (secondary N) is 2. The number of aliphatic imine (C=N–C) groups is 1. The highest BCUT2D eigenvalue weighted by Crippen LogP contribution is 2.09. The maximum Gasteiger partial charge on any atom is 0.251 e. The number of nitrogens with two attached hydrogens (primary N) is 1. The maximum atomic E-state index is 12.2. The Morgan fingerprint density at radius 1 is 1.21 bits per heavy atom. The van der Waals surface area contributed by atoms with Gasteiger partial charge in [-0.05, 0) is 51.1 Å². The zero-order chi connectivity index (χ0) is 20.2. The second-order valence-corrected chi connectivity index (χ2v) is 7.83. The first-order chi connectivity index (χ1) is 12.8. The van der Waals surface area contributed by atoms with Crippen LogP contribution in [0.4, 0.5) is 0 Å². The molecule has 1 aromatic carbocycles. The van der Waals surface area contributed by atoms with Gasteiger partial charge in [0.05, 0.1) is 6.54 Å². The third-order valence-electron chi connectivity index (χ3n) is 4.28. The van der Waals surface area contributed by atoms with Crippen LogP contribution in [0.2, 0.25) is 0 Å². The van der Waals surface area contributed by atoms with Crippen LogP contribution in [-0.4, -0.2) is 50.0 Å². The number of nitrogens with zero attached hydrogens (tertiary/aromatic N) is 2. The third kappa shape index (κ3) is 12.2. The number of guanidine groups is 1. The number of hydrogen-bond acceptors (Lipinski definition) is 3. The summed E-state index contributed by atoms with van der Waals surface area (Å²) in [5.74, 6) is 1.12. The standard InChI is InChI=1S/C21H37N5O.HI/c1-16(2)8-6-9-17(3)25-21(22)24-15-18-10-7-11-19(14-18)20(27)23-12-13-26(4)5;/h7,10-11,14,16-17H,6,8-9,12-13,15H2,1-5H3,(H,23,27)(H3,22,24,25);1H. The van der Waals surface area contributed by atoms with Crippen molar-refractivity contribution < 1.29 is 4.79 Å². The molecule has 0 saturated carbocycles. The van der Waals surface area contributed by atoms with Gasteiger partial charge in [-0.15, -0.1) is 24.0 Å². The van der Waals surface area contributed by atoms with Crippen LogP contribution in [0.1, 0.15) is 56.0 Å². The summed E-state index contributed by atoms with van der Waals surface area (Å²) < 4.78 is 0. The van der Waals surface area contributed by atoms with Gasteiger partial charge in [0, 0.05) is 24.7 Å². The molecule has 7 heteroatoms. The predicted molar refractivity (Wildman–Crippen MR) is 129 cm³/mol. The van der Waals surface area contributed by atoms with Crippen molar-refractivity contribution in [3.63, 3.8) is 0 Å². The highest BCUT2D eigenvalue weighted by atomic mass is 127. The van der Waals surface area contributed by atoms with Crippen molar-refractivity contribution in [1.29, 1.82) is 0 Å². The Hall–Kier alpha value is -1.35. The lowest BCUT2D eigenvalue weighted by atomic mass is 10.0. The number of rotatable bonds is 11. The average molecular weight is 503 g/mol. The summed E-state index contributed by atoms with van der Waals surface area (Å²) in [5.41, 5.74) is 7.61. The van der Waals surface area contributed by atoms with E-state index in [2.05, 4.69) is 36.4 Å². The van der Waals surface area contributed by atoms with Gasteiger partial charge in [-0.25, -0.2) is 4.99 Å². The summed E-state index contributed by atoms with van der Waals surface area (Å²) in [7, 11) is 3.96. The molecule has 1 unspecified atom stereocenters. The molecule has 1 atom stereocenters. The first kappa shape index (κ1) is 26.6. The van der Waals surface area contributed by atoms with Crippen LogP contribution in [0.25, 0.3) is 0 Å². The van der Waals surface area contributed by atoms with Crippen molar-refractivity contribution in [3.05, 3.63) is 35.4 Å². The number of benzene rings is 1. The van der Waals surface area contributed by atoms with Crippen LogP contribution >= 0.6 is 24.0 Å². The fourth-order valence-corrected chi connectivity index (χ4v) is 2.69. The lowest BCUT2D eigenvalue weighted by Crippen LogP contribution is -2.38. The van der Waals surface area contributed by atoms with E-state index < -0.39 is 0 Å². The van der Waals surface area contributed by atoms with Crippen LogP contribution in [0, 0.1) is 5.92 Å². The lowest BCUT2D eigenvalue weighted by molar-refractivity contribution is 0.0951. The number of hydrogen-bond donors (Lipinski definition) is 3. The normalized spacial score (nSPS) is 12.6. The third-order valence-corrected chi connectivity index (χ3v) is 4.28. The van der Waals surface area contributed by atoms with E-state index in [1.165, 1.54) is 12.8 Å². The number of halogens is 1. The molecule has 0 heterocycles. The number of likely N-dealkylation sites (N-methyl/N-ethyl adjacent to an activating group) is 1. The summed E-state index contributed by atoms with van der Waals surface area (Å²) in [6.07, 6.45) is 3.49. The molecule has 160 valence electrons.